The molecule has 0 aliphatic rings. The van der Waals surface area contributed by atoms with Crippen molar-refractivity contribution in [3.8, 4) is 11.5 Å². The lowest BCUT2D eigenvalue weighted by Gasteiger charge is -2.12. The molecule has 0 radical (unpaired) electrons. The van der Waals surface area contributed by atoms with Gasteiger partial charge in [-0.2, -0.15) is 0 Å². The van der Waals surface area contributed by atoms with Gasteiger partial charge in [0.15, 0.2) is 11.5 Å². The van der Waals surface area contributed by atoms with Crippen LogP contribution in [0.1, 0.15) is 23.7 Å². The molecule has 82 valence electrons. The van der Waals surface area contributed by atoms with E-state index in [4.69, 9.17) is 21.1 Å². The molecule has 0 bridgehead atoms. The highest BCUT2D eigenvalue weighted by Crippen LogP contribution is 2.36. The molecule has 1 aromatic rings. The van der Waals surface area contributed by atoms with Gasteiger partial charge in [0.05, 0.1) is 18.7 Å². The zero-order valence-electron chi connectivity index (χ0n) is 8.75. The van der Waals surface area contributed by atoms with Crippen LogP contribution >= 0.6 is 11.6 Å². The van der Waals surface area contributed by atoms with Crippen LogP contribution in [0.2, 0.25) is 5.02 Å². The zero-order valence-corrected chi connectivity index (χ0v) is 9.50. The average Bonchev–Trinajstić information content (AvgIpc) is 2.26. The summed E-state index contributed by atoms with van der Waals surface area (Å²) in [5, 5.41) is 0.393. The van der Waals surface area contributed by atoms with E-state index in [0.29, 0.717) is 28.7 Å². The van der Waals surface area contributed by atoms with Gasteiger partial charge in [-0.15, -0.1) is 0 Å². The Labute approximate surface area is 93.9 Å². The van der Waals surface area contributed by atoms with Gasteiger partial charge in [-0.1, -0.05) is 18.5 Å². The second kappa shape index (κ2) is 5.61. The summed E-state index contributed by atoms with van der Waals surface area (Å²) in [6, 6.07) is 3.16. The highest BCUT2D eigenvalue weighted by atomic mass is 35.5. The molecule has 3 nitrogen and oxygen atoms in total. The number of methoxy groups -OCH3 is 1. The molecule has 0 fully saturated rings. The average molecular weight is 229 g/mol. The third kappa shape index (κ3) is 2.86. The largest absolute Gasteiger partial charge is 0.493 e. The van der Waals surface area contributed by atoms with E-state index in [1.165, 1.54) is 7.11 Å². The summed E-state index contributed by atoms with van der Waals surface area (Å²) >= 11 is 5.96. The molecular formula is C11H13ClO3. The minimum Gasteiger partial charge on any atom is -0.493 e. The second-order valence-corrected chi connectivity index (χ2v) is 3.41. The Morgan fingerprint density at radius 1 is 1.47 bits per heavy atom. The van der Waals surface area contributed by atoms with Gasteiger partial charge in [0.2, 0.25) is 0 Å². The smallest absolute Gasteiger partial charge is 0.179 e. The van der Waals surface area contributed by atoms with Crippen molar-refractivity contribution in [1.82, 2.24) is 0 Å². The molecule has 0 heterocycles. The van der Waals surface area contributed by atoms with E-state index in [1.54, 1.807) is 12.1 Å². The maximum Gasteiger partial charge on any atom is 0.179 e. The Balaban J connectivity index is 3.06. The summed E-state index contributed by atoms with van der Waals surface area (Å²) in [5.74, 6) is 0.977. The maximum absolute atomic E-state index is 10.6. The monoisotopic (exact) mass is 228 g/mol. The van der Waals surface area contributed by atoms with Gasteiger partial charge in [-0.3, -0.25) is 4.79 Å². The van der Waals surface area contributed by atoms with Gasteiger partial charge < -0.3 is 9.47 Å². The molecule has 0 saturated carbocycles. The van der Waals surface area contributed by atoms with E-state index in [9.17, 15) is 4.79 Å². The van der Waals surface area contributed by atoms with Crippen molar-refractivity contribution in [3.63, 3.8) is 0 Å². The van der Waals surface area contributed by atoms with E-state index in [1.807, 2.05) is 6.92 Å². The van der Waals surface area contributed by atoms with Crippen molar-refractivity contribution in [2.24, 2.45) is 0 Å². The molecule has 0 unspecified atom stereocenters. The molecule has 0 N–H and O–H groups in total. The highest BCUT2D eigenvalue weighted by molar-refractivity contribution is 6.32. The fraction of sp³-hybridized carbons (Fsp3) is 0.364. The van der Waals surface area contributed by atoms with E-state index in [-0.39, 0.29) is 0 Å². The molecule has 1 rings (SSSR count). The number of hydrogen-bond acceptors (Lipinski definition) is 3. The number of carbonyl (C=O) groups is 1. The summed E-state index contributed by atoms with van der Waals surface area (Å²) in [5.41, 5.74) is 0.473. The molecule has 0 aliphatic carbocycles. The van der Waals surface area contributed by atoms with Crippen LogP contribution in [-0.2, 0) is 0 Å². The van der Waals surface area contributed by atoms with E-state index < -0.39 is 0 Å². The highest BCUT2D eigenvalue weighted by Gasteiger charge is 2.11. The first-order valence-corrected chi connectivity index (χ1v) is 5.06. The number of aldehydes is 1. The van der Waals surface area contributed by atoms with Crippen LogP contribution in [0.15, 0.2) is 12.1 Å². The van der Waals surface area contributed by atoms with Crippen molar-refractivity contribution in [1.29, 1.82) is 0 Å². The SMILES string of the molecule is CCCOc1c(Cl)cc(C=O)cc1OC. The summed E-state index contributed by atoms with van der Waals surface area (Å²) in [6.07, 6.45) is 1.60. The number of benzene rings is 1. The lowest BCUT2D eigenvalue weighted by molar-refractivity contribution is 0.112. The number of rotatable bonds is 5. The molecule has 0 amide bonds. The van der Waals surface area contributed by atoms with Crippen LogP contribution in [-0.4, -0.2) is 20.0 Å². The first kappa shape index (κ1) is 11.9. The van der Waals surface area contributed by atoms with E-state index in [0.717, 1.165) is 12.7 Å². The molecule has 4 heteroatoms. The maximum atomic E-state index is 10.6. The standard InChI is InChI=1S/C11H13ClO3/c1-3-4-15-11-9(12)5-8(7-13)6-10(11)14-2/h5-7H,3-4H2,1-2H3. The zero-order chi connectivity index (χ0) is 11.3. The van der Waals surface area contributed by atoms with E-state index in [2.05, 4.69) is 0 Å². The predicted molar refractivity (Wildman–Crippen MR) is 59.2 cm³/mol. The van der Waals surface area contributed by atoms with Crippen LogP contribution in [0.4, 0.5) is 0 Å². The molecule has 1 aromatic carbocycles. The van der Waals surface area contributed by atoms with Gasteiger partial charge in [0.25, 0.3) is 0 Å². The summed E-state index contributed by atoms with van der Waals surface area (Å²) < 4.78 is 10.5. The molecular weight excluding hydrogens is 216 g/mol. The number of halogens is 1. The van der Waals surface area contributed by atoms with Gasteiger partial charge in [-0.05, 0) is 18.6 Å². The predicted octanol–water partition coefficient (Wildman–Crippen LogP) is 2.95. The molecule has 0 aliphatic heterocycles. The van der Waals surface area contributed by atoms with Gasteiger partial charge >= 0.3 is 0 Å². The van der Waals surface area contributed by atoms with E-state index >= 15 is 0 Å². The molecule has 0 aromatic heterocycles. The van der Waals surface area contributed by atoms with Gasteiger partial charge in [0, 0.05) is 5.56 Å². The lowest BCUT2D eigenvalue weighted by Crippen LogP contribution is -1.99. The number of ether oxygens (including phenoxy) is 2. The van der Waals surface area contributed by atoms with Crippen molar-refractivity contribution in [2.75, 3.05) is 13.7 Å². The molecule has 0 saturated heterocycles. The molecule has 0 spiro atoms. The minimum atomic E-state index is 0.393. The first-order valence-electron chi connectivity index (χ1n) is 4.68. The van der Waals surface area contributed by atoms with Crippen LogP contribution in [0, 0.1) is 0 Å². The summed E-state index contributed by atoms with van der Waals surface area (Å²) in [7, 11) is 1.51. The molecule has 0 atom stereocenters. The van der Waals surface area contributed by atoms with Crippen LogP contribution < -0.4 is 9.47 Å². The number of carbonyl (C=O) groups excluding carboxylic acids is 1. The Kier molecular flexibility index (Phi) is 4.43. The summed E-state index contributed by atoms with van der Waals surface area (Å²) in [6.45, 7) is 2.57. The second-order valence-electron chi connectivity index (χ2n) is 3.00. The normalized spacial score (nSPS) is 9.80. The summed E-state index contributed by atoms with van der Waals surface area (Å²) in [4.78, 5) is 10.6. The van der Waals surface area contributed by atoms with Crippen molar-refractivity contribution < 1.29 is 14.3 Å². The molecule has 15 heavy (non-hydrogen) atoms. The van der Waals surface area contributed by atoms with Crippen molar-refractivity contribution >= 4 is 17.9 Å². The van der Waals surface area contributed by atoms with Crippen molar-refractivity contribution in [2.45, 2.75) is 13.3 Å². The number of hydrogen-bond donors (Lipinski definition) is 0. The third-order valence-corrected chi connectivity index (χ3v) is 2.12. The Morgan fingerprint density at radius 2 is 2.20 bits per heavy atom. The Bertz CT molecular complexity index is 350. The van der Waals surface area contributed by atoms with Crippen molar-refractivity contribution in [3.05, 3.63) is 22.7 Å². The van der Waals surface area contributed by atoms with Crippen LogP contribution in [0.25, 0.3) is 0 Å². The Hall–Kier alpha value is -1.22. The topological polar surface area (TPSA) is 35.5 Å². The van der Waals surface area contributed by atoms with Crippen LogP contribution in [0.5, 0.6) is 11.5 Å². The first-order chi connectivity index (χ1) is 7.22. The lowest BCUT2D eigenvalue weighted by atomic mass is 10.2. The van der Waals surface area contributed by atoms with Gasteiger partial charge in [-0.25, -0.2) is 0 Å². The fourth-order valence-electron chi connectivity index (χ4n) is 1.15. The Morgan fingerprint density at radius 3 is 2.73 bits per heavy atom. The minimum absolute atomic E-state index is 0.393. The third-order valence-electron chi connectivity index (χ3n) is 1.84. The fourth-order valence-corrected chi connectivity index (χ4v) is 1.43. The quantitative estimate of drug-likeness (QED) is 0.727. The van der Waals surface area contributed by atoms with Gasteiger partial charge in [0.1, 0.15) is 6.29 Å². The van der Waals surface area contributed by atoms with Crippen LogP contribution in [0.3, 0.4) is 0 Å².